The molecule has 1 aromatic rings. The second kappa shape index (κ2) is 6.05. The third-order valence-corrected chi connectivity index (χ3v) is 3.96. The first-order chi connectivity index (χ1) is 10.3. The minimum atomic E-state index is -0.894. The van der Waals surface area contributed by atoms with Crippen LogP contribution in [0.15, 0.2) is 24.3 Å². The van der Waals surface area contributed by atoms with Crippen LogP contribution >= 0.6 is 0 Å². The molecule has 0 radical (unpaired) electrons. The molecule has 4 N–H and O–H groups in total. The van der Waals surface area contributed by atoms with Gasteiger partial charge in [0, 0.05) is 18.8 Å². The van der Waals surface area contributed by atoms with E-state index in [1.165, 1.54) is 4.90 Å². The highest BCUT2D eigenvalue weighted by atomic mass is 16.4. The van der Waals surface area contributed by atoms with E-state index in [2.05, 4.69) is 5.32 Å². The summed E-state index contributed by atoms with van der Waals surface area (Å²) >= 11 is 0. The molecular weight excluding hydrogens is 286 g/mol. The van der Waals surface area contributed by atoms with E-state index in [1.807, 2.05) is 0 Å². The van der Waals surface area contributed by atoms with Crippen molar-refractivity contribution in [3.05, 3.63) is 29.8 Å². The standard InChI is InChI=1S/C15H19N3O4/c1-15(14(21)22)6-7-18(9-15)12(19)8-17-11-5-3-2-4-10(11)13(16)20/h2-5,17H,6-9H2,1H3,(H2,16,20)(H,21,22). The number of nitrogens with zero attached hydrogens (tertiary/aromatic N) is 1. The SMILES string of the molecule is CC1(C(=O)O)CCN(C(=O)CNc2ccccc2C(N)=O)C1. The minimum Gasteiger partial charge on any atom is -0.481 e. The molecule has 0 spiro atoms. The molecule has 1 saturated heterocycles. The van der Waals surface area contributed by atoms with Crippen molar-refractivity contribution in [2.24, 2.45) is 11.1 Å². The molecule has 0 bridgehead atoms. The van der Waals surface area contributed by atoms with Gasteiger partial charge in [0.2, 0.25) is 5.91 Å². The monoisotopic (exact) mass is 305 g/mol. The third kappa shape index (κ3) is 3.19. The summed E-state index contributed by atoms with van der Waals surface area (Å²) in [5.74, 6) is -1.67. The van der Waals surface area contributed by atoms with Crippen molar-refractivity contribution in [3.63, 3.8) is 0 Å². The van der Waals surface area contributed by atoms with E-state index >= 15 is 0 Å². The number of carboxylic acids is 1. The number of benzene rings is 1. The summed E-state index contributed by atoms with van der Waals surface area (Å²) in [6, 6.07) is 6.66. The van der Waals surface area contributed by atoms with E-state index in [9.17, 15) is 19.5 Å². The second-order valence-corrected chi connectivity index (χ2v) is 5.69. The first-order valence-electron chi connectivity index (χ1n) is 6.97. The van der Waals surface area contributed by atoms with Crippen LogP contribution in [0.4, 0.5) is 5.69 Å². The molecule has 1 unspecified atom stereocenters. The van der Waals surface area contributed by atoms with Crippen molar-refractivity contribution in [3.8, 4) is 0 Å². The molecule has 1 atom stereocenters. The zero-order chi connectivity index (χ0) is 16.3. The summed E-state index contributed by atoms with van der Waals surface area (Å²) in [6.45, 7) is 2.24. The highest BCUT2D eigenvalue weighted by Gasteiger charge is 2.41. The van der Waals surface area contributed by atoms with Gasteiger partial charge in [-0.1, -0.05) is 12.1 Å². The average molecular weight is 305 g/mol. The van der Waals surface area contributed by atoms with Crippen LogP contribution < -0.4 is 11.1 Å². The fourth-order valence-electron chi connectivity index (χ4n) is 2.48. The maximum absolute atomic E-state index is 12.2. The number of anilines is 1. The average Bonchev–Trinajstić information content (AvgIpc) is 2.89. The zero-order valence-electron chi connectivity index (χ0n) is 12.3. The van der Waals surface area contributed by atoms with Gasteiger partial charge in [-0.3, -0.25) is 14.4 Å². The molecule has 1 aliphatic rings. The van der Waals surface area contributed by atoms with E-state index in [-0.39, 0.29) is 19.0 Å². The molecule has 0 saturated carbocycles. The lowest BCUT2D eigenvalue weighted by atomic mass is 9.90. The summed E-state index contributed by atoms with van der Waals surface area (Å²) in [7, 11) is 0. The van der Waals surface area contributed by atoms with Crippen LogP contribution in [0.1, 0.15) is 23.7 Å². The molecule has 7 heteroatoms. The Bertz CT molecular complexity index is 617. The maximum atomic E-state index is 12.2. The van der Waals surface area contributed by atoms with Crippen molar-refractivity contribution in [2.75, 3.05) is 25.0 Å². The third-order valence-electron chi connectivity index (χ3n) is 3.96. The van der Waals surface area contributed by atoms with Crippen molar-refractivity contribution < 1.29 is 19.5 Å². The summed E-state index contributed by atoms with van der Waals surface area (Å²) in [5.41, 5.74) is 5.19. The molecule has 118 valence electrons. The predicted molar refractivity (Wildman–Crippen MR) is 80.4 cm³/mol. The Morgan fingerprint density at radius 1 is 1.36 bits per heavy atom. The lowest BCUT2D eigenvalue weighted by Crippen LogP contribution is -2.37. The number of carbonyl (C=O) groups excluding carboxylic acids is 2. The van der Waals surface area contributed by atoms with Crippen molar-refractivity contribution in [1.82, 2.24) is 4.90 Å². The second-order valence-electron chi connectivity index (χ2n) is 5.69. The predicted octanol–water partition coefficient (Wildman–Crippen LogP) is 0.521. The Morgan fingerprint density at radius 2 is 2.05 bits per heavy atom. The number of amides is 2. The summed E-state index contributed by atoms with van der Waals surface area (Å²) < 4.78 is 0. The molecule has 2 amide bonds. The van der Waals surface area contributed by atoms with Crippen LogP contribution in [-0.2, 0) is 9.59 Å². The van der Waals surface area contributed by atoms with E-state index in [1.54, 1.807) is 31.2 Å². The molecule has 2 rings (SSSR count). The number of hydrogen-bond acceptors (Lipinski definition) is 4. The fourth-order valence-corrected chi connectivity index (χ4v) is 2.48. The molecule has 22 heavy (non-hydrogen) atoms. The van der Waals surface area contributed by atoms with Gasteiger partial charge in [0.05, 0.1) is 17.5 Å². The molecule has 1 heterocycles. The quantitative estimate of drug-likeness (QED) is 0.734. The number of primary amides is 1. The summed E-state index contributed by atoms with van der Waals surface area (Å²) in [5, 5.41) is 12.1. The topological polar surface area (TPSA) is 113 Å². The van der Waals surface area contributed by atoms with E-state index in [0.717, 1.165) is 0 Å². The van der Waals surface area contributed by atoms with Crippen LogP contribution in [0.25, 0.3) is 0 Å². The van der Waals surface area contributed by atoms with Crippen molar-refractivity contribution in [1.29, 1.82) is 0 Å². The van der Waals surface area contributed by atoms with Gasteiger partial charge in [-0.2, -0.15) is 0 Å². The van der Waals surface area contributed by atoms with E-state index < -0.39 is 17.3 Å². The first kappa shape index (κ1) is 15.8. The van der Waals surface area contributed by atoms with Crippen LogP contribution in [0.5, 0.6) is 0 Å². The van der Waals surface area contributed by atoms with Gasteiger partial charge < -0.3 is 21.1 Å². The smallest absolute Gasteiger partial charge is 0.311 e. The lowest BCUT2D eigenvalue weighted by Gasteiger charge is -2.20. The van der Waals surface area contributed by atoms with Gasteiger partial charge >= 0.3 is 5.97 Å². The van der Waals surface area contributed by atoms with Crippen molar-refractivity contribution in [2.45, 2.75) is 13.3 Å². The molecule has 0 aliphatic carbocycles. The van der Waals surface area contributed by atoms with E-state index in [0.29, 0.717) is 24.2 Å². The van der Waals surface area contributed by atoms with Gasteiger partial charge in [-0.15, -0.1) is 0 Å². The molecule has 1 aromatic carbocycles. The van der Waals surface area contributed by atoms with Gasteiger partial charge in [0.15, 0.2) is 0 Å². The lowest BCUT2D eigenvalue weighted by molar-refractivity contribution is -0.147. The normalized spacial score (nSPS) is 20.7. The molecular formula is C15H19N3O4. The Labute approximate surface area is 128 Å². The number of carboxylic acid groups (broad SMARTS) is 1. The highest BCUT2D eigenvalue weighted by molar-refractivity contribution is 5.99. The maximum Gasteiger partial charge on any atom is 0.311 e. The number of carbonyl (C=O) groups is 3. The Kier molecular flexibility index (Phi) is 4.35. The van der Waals surface area contributed by atoms with Gasteiger partial charge in [0.25, 0.3) is 5.91 Å². The van der Waals surface area contributed by atoms with Crippen LogP contribution in [0.2, 0.25) is 0 Å². The number of aliphatic carboxylic acids is 1. The molecule has 1 aliphatic heterocycles. The number of likely N-dealkylation sites (tertiary alicyclic amines) is 1. The Hall–Kier alpha value is -2.57. The first-order valence-corrected chi connectivity index (χ1v) is 6.97. The molecule has 1 fully saturated rings. The van der Waals surface area contributed by atoms with Crippen LogP contribution in [0.3, 0.4) is 0 Å². The number of hydrogen-bond donors (Lipinski definition) is 3. The largest absolute Gasteiger partial charge is 0.481 e. The highest BCUT2D eigenvalue weighted by Crippen LogP contribution is 2.30. The Balaban J connectivity index is 1.97. The number of nitrogens with one attached hydrogen (secondary N) is 1. The fraction of sp³-hybridized carbons (Fsp3) is 0.400. The number of rotatable bonds is 5. The van der Waals surface area contributed by atoms with Crippen molar-refractivity contribution >= 4 is 23.5 Å². The van der Waals surface area contributed by atoms with Gasteiger partial charge in [-0.05, 0) is 25.5 Å². The summed E-state index contributed by atoms with van der Waals surface area (Å²) in [4.78, 5) is 36.2. The van der Waals surface area contributed by atoms with E-state index in [4.69, 9.17) is 5.73 Å². The molecule has 7 nitrogen and oxygen atoms in total. The Morgan fingerprint density at radius 3 is 2.64 bits per heavy atom. The van der Waals surface area contributed by atoms with Gasteiger partial charge in [0.1, 0.15) is 0 Å². The zero-order valence-corrected chi connectivity index (χ0v) is 12.3. The minimum absolute atomic E-state index is 0.0139. The van der Waals surface area contributed by atoms with Crippen LogP contribution in [0, 0.1) is 5.41 Å². The number of para-hydroxylation sites is 1. The number of nitrogens with two attached hydrogens (primary N) is 1. The molecule has 0 aromatic heterocycles. The van der Waals surface area contributed by atoms with Gasteiger partial charge in [-0.25, -0.2) is 0 Å². The van der Waals surface area contributed by atoms with Crippen LogP contribution in [-0.4, -0.2) is 47.4 Å². The summed E-state index contributed by atoms with van der Waals surface area (Å²) in [6.07, 6.45) is 0.436.